The molecule has 1 aromatic carbocycles. The number of nitrogens with two attached hydrogens (primary N) is 2. The zero-order chi connectivity index (χ0) is 21.6. The summed E-state index contributed by atoms with van der Waals surface area (Å²) < 4.78 is 54.8. The van der Waals surface area contributed by atoms with Gasteiger partial charge in [0.05, 0.1) is 22.5 Å². The number of benzene rings is 1. The average molecular weight is 436 g/mol. The maximum absolute atomic E-state index is 12.7. The molecule has 2 aromatic heterocycles. The van der Waals surface area contributed by atoms with Crippen LogP contribution in [0.3, 0.4) is 0 Å². The molecule has 1 aliphatic carbocycles. The Morgan fingerprint density at radius 1 is 1.23 bits per heavy atom. The predicted octanol–water partition coefficient (Wildman–Crippen LogP) is 2.78. The molecule has 0 aliphatic heterocycles. The minimum Gasteiger partial charge on any atom is -0.435 e. The third-order valence-electron chi connectivity index (χ3n) is 5.19. The van der Waals surface area contributed by atoms with Gasteiger partial charge in [-0.1, -0.05) is 0 Å². The van der Waals surface area contributed by atoms with Crippen molar-refractivity contribution in [1.29, 1.82) is 0 Å². The molecular weight excluding hydrogens is 418 g/mol. The topological polar surface area (TPSA) is 130 Å². The number of hydrogen-bond donors (Lipinski definition) is 2. The maximum atomic E-state index is 12.7. The van der Waals surface area contributed by atoms with Crippen LogP contribution in [0.25, 0.3) is 22.3 Å². The molecule has 0 radical (unpaired) electrons. The van der Waals surface area contributed by atoms with Gasteiger partial charge in [0, 0.05) is 23.7 Å². The second kappa shape index (κ2) is 7.33. The molecule has 2 heterocycles. The molecule has 8 nitrogen and oxygen atoms in total. The summed E-state index contributed by atoms with van der Waals surface area (Å²) in [4.78, 5) is 16.4. The molecule has 0 unspecified atom stereocenters. The van der Waals surface area contributed by atoms with Crippen LogP contribution < -0.4 is 15.6 Å². The van der Waals surface area contributed by atoms with Gasteiger partial charge in [0.1, 0.15) is 10.6 Å². The van der Waals surface area contributed by atoms with Crippen molar-refractivity contribution in [2.45, 2.75) is 36.8 Å². The first-order valence-corrected chi connectivity index (χ1v) is 10.6. The van der Waals surface area contributed by atoms with Crippen LogP contribution in [0, 0.1) is 0 Å². The molecule has 158 valence electrons. The van der Waals surface area contributed by atoms with Crippen LogP contribution >= 0.6 is 0 Å². The molecule has 4 rings (SSSR count). The number of hydrogen-bond acceptors (Lipinski definition) is 5. The Labute approximate surface area is 170 Å². The van der Waals surface area contributed by atoms with Crippen molar-refractivity contribution in [3.05, 3.63) is 42.1 Å². The van der Waals surface area contributed by atoms with E-state index in [0.29, 0.717) is 22.3 Å². The molecule has 1 fully saturated rings. The zero-order valence-corrected chi connectivity index (χ0v) is 16.4. The van der Waals surface area contributed by atoms with E-state index >= 15 is 0 Å². The molecule has 30 heavy (non-hydrogen) atoms. The van der Waals surface area contributed by atoms with Gasteiger partial charge in [-0.3, -0.25) is 9.78 Å². The lowest BCUT2D eigenvalue weighted by molar-refractivity contribution is -0.0497. The van der Waals surface area contributed by atoms with E-state index in [9.17, 15) is 22.0 Å². The first kappa shape index (κ1) is 20.2. The summed E-state index contributed by atoms with van der Waals surface area (Å²) in [5.74, 6) is -0.761. The lowest BCUT2D eigenvalue weighted by Crippen LogP contribution is -2.20. The third kappa shape index (κ3) is 3.50. The summed E-state index contributed by atoms with van der Waals surface area (Å²) in [6.45, 7) is -2.99. The molecule has 1 saturated carbocycles. The van der Waals surface area contributed by atoms with Gasteiger partial charge in [0.25, 0.3) is 5.91 Å². The van der Waals surface area contributed by atoms with E-state index in [-0.39, 0.29) is 22.3 Å². The first-order valence-electron chi connectivity index (χ1n) is 9.08. The minimum absolute atomic E-state index is 0.0112. The van der Waals surface area contributed by atoms with Crippen molar-refractivity contribution in [2.75, 3.05) is 0 Å². The van der Waals surface area contributed by atoms with Crippen molar-refractivity contribution in [2.24, 2.45) is 10.9 Å². The van der Waals surface area contributed by atoms with Gasteiger partial charge >= 0.3 is 6.61 Å². The summed E-state index contributed by atoms with van der Waals surface area (Å²) in [5.41, 5.74) is 7.07. The third-order valence-corrected chi connectivity index (χ3v) is 6.09. The Hall–Kier alpha value is -3.05. The number of halogens is 2. The van der Waals surface area contributed by atoms with Crippen molar-refractivity contribution < 1.29 is 26.7 Å². The number of primary sulfonamides is 1. The number of alkyl halides is 2. The van der Waals surface area contributed by atoms with Crippen LogP contribution in [0.4, 0.5) is 8.78 Å². The van der Waals surface area contributed by atoms with Gasteiger partial charge in [0.15, 0.2) is 0 Å². The SMILES string of the molecule is NC(=O)c1c(-c2ccc(S(N)(=O)=O)cn2)n(C2CCC2)c2cc(OC(F)F)ccc12. The van der Waals surface area contributed by atoms with Crippen molar-refractivity contribution in [3.8, 4) is 17.1 Å². The fourth-order valence-corrected chi connectivity index (χ4v) is 4.14. The second-order valence-electron chi connectivity index (χ2n) is 7.02. The highest BCUT2D eigenvalue weighted by molar-refractivity contribution is 7.89. The molecule has 0 atom stereocenters. The first-order chi connectivity index (χ1) is 14.2. The molecule has 1 amide bonds. The summed E-state index contributed by atoms with van der Waals surface area (Å²) in [6.07, 6.45) is 3.72. The summed E-state index contributed by atoms with van der Waals surface area (Å²) in [5, 5.41) is 5.60. The van der Waals surface area contributed by atoms with E-state index < -0.39 is 22.5 Å². The number of sulfonamides is 1. The van der Waals surface area contributed by atoms with Crippen LogP contribution in [0.15, 0.2) is 41.4 Å². The molecular formula is C19H18F2N4O4S. The lowest BCUT2D eigenvalue weighted by atomic mass is 9.92. The summed E-state index contributed by atoms with van der Waals surface area (Å²) >= 11 is 0. The Kier molecular flexibility index (Phi) is 4.94. The lowest BCUT2D eigenvalue weighted by Gasteiger charge is -2.30. The van der Waals surface area contributed by atoms with Crippen LogP contribution in [0.5, 0.6) is 5.75 Å². The smallest absolute Gasteiger partial charge is 0.387 e. The summed E-state index contributed by atoms with van der Waals surface area (Å²) in [6, 6.07) is 7.02. The number of carbonyl (C=O) groups excluding carboxylic acids is 1. The van der Waals surface area contributed by atoms with Crippen molar-refractivity contribution in [1.82, 2.24) is 9.55 Å². The molecule has 0 saturated heterocycles. The molecule has 1 aliphatic rings. The molecule has 4 N–H and O–H groups in total. The number of rotatable bonds is 6. The van der Waals surface area contributed by atoms with Crippen molar-refractivity contribution >= 4 is 26.8 Å². The predicted molar refractivity (Wildman–Crippen MR) is 105 cm³/mol. The maximum Gasteiger partial charge on any atom is 0.387 e. The largest absolute Gasteiger partial charge is 0.435 e. The quantitative estimate of drug-likeness (QED) is 0.614. The van der Waals surface area contributed by atoms with Gasteiger partial charge in [-0.2, -0.15) is 8.78 Å². The van der Waals surface area contributed by atoms with Crippen LogP contribution in [-0.4, -0.2) is 30.5 Å². The average Bonchev–Trinajstić information content (AvgIpc) is 2.94. The van der Waals surface area contributed by atoms with E-state index in [4.69, 9.17) is 10.9 Å². The highest BCUT2D eigenvalue weighted by atomic mass is 32.2. The summed E-state index contributed by atoms with van der Waals surface area (Å²) in [7, 11) is -3.94. The number of primary amides is 1. The number of carbonyl (C=O) groups is 1. The van der Waals surface area contributed by atoms with E-state index in [0.717, 1.165) is 25.5 Å². The fraction of sp³-hybridized carbons (Fsp3) is 0.263. The van der Waals surface area contributed by atoms with Gasteiger partial charge in [-0.15, -0.1) is 0 Å². The second-order valence-corrected chi connectivity index (χ2v) is 8.59. The Morgan fingerprint density at radius 3 is 2.47 bits per heavy atom. The molecule has 0 bridgehead atoms. The van der Waals surface area contributed by atoms with Crippen LogP contribution in [0.1, 0.15) is 35.7 Å². The fourth-order valence-electron chi connectivity index (χ4n) is 3.68. The molecule has 3 aromatic rings. The van der Waals surface area contributed by atoms with E-state index in [1.807, 2.05) is 4.57 Å². The van der Waals surface area contributed by atoms with Gasteiger partial charge in [-0.05, 0) is 43.5 Å². The molecule has 0 spiro atoms. The highest BCUT2D eigenvalue weighted by Crippen LogP contribution is 2.43. The van der Waals surface area contributed by atoms with E-state index in [2.05, 4.69) is 9.72 Å². The standard InChI is InChI=1S/C19H18F2N4O4S/c20-19(21)29-11-4-6-13-15(8-11)25(10-2-1-3-10)17(16(13)18(22)26)14-7-5-12(9-24-14)30(23,27)28/h4-10,19H,1-3H2,(H2,22,26)(H2,23,27,28). The van der Waals surface area contributed by atoms with Crippen LogP contribution in [-0.2, 0) is 10.0 Å². The van der Waals surface area contributed by atoms with Crippen LogP contribution in [0.2, 0.25) is 0 Å². The van der Waals surface area contributed by atoms with Gasteiger partial charge in [0.2, 0.25) is 10.0 Å². The van der Waals surface area contributed by atoms with Gasteiger partial charge < -0.3 is 15.0 Å². The number of ether oxygens (including phenoxy) is 1. The number of pyridine rings is 1. The minimum atomic E-state index is -3.94. The van der Waals surface area contributed by atoms with E-state index in [1.165, 1.54) is 30.3 Å². The Balaban J connectivity index is 1.99. The normalized spacial score (nSPS) is 14.8. The van der Waals surface area contributed by atoms with Crippen molar-refractivity contribution in [3.63, 3.8) is 0 Å². The Morgan fingerprint density at radius 2 is 1.97 bits per heavy atom. The molecule has 11 heteroatoms. The number of fused-ring (bicyclic) bond motifs is 1. The number of amides is 1. The number of nitrogens with zero attached hydrogens (tertiary/aromatic N) is 2. The number of aromatic nitrogens is 2. The van der Waals surface area contributed by atoms with E-state index in [1.54, 1.807) is 0 Å². The Bertz CT molecular complexity index is 1240. The zero-order valence-electron chi connectivity index (χ0n) is 15.6. The van der Waals surface area contributed by atoms with Gasteiger partial charge in [-0.25, -0.2) is 13.6 Å². The highest BCUT2D eigenvalue weighted by Gasteiger charge is 2.30. The monoisotopic (exact) mass is 436 g/mol.